The Labute approximate surface area is 104 Å². The molecule has 1 rings (SSSR count). The van der Waals surface area contributed by atoms with Crippen molar-refractivity contribution in [2.24, 2.45) is 0 Å². The molecule has 0 N–H and O–H groups in total. The molecule has 0 aliphatic heterocycles. The maximum atomic E-state index is 10.5. The summed E-state index contributed by atoms with van der Waals surface area (Å²) >= 11 is 9.92. The van der Waals surface area contributed by atoms with E-state index in [1.165, 1.54) is 18.2 Å². The first-order chi connectivity index (χ1) is 7.65. The van der Waals surface area contributed by atoms with Gasteiger partial charge in [-0.2, -0.15) is 12.6 Å². The minimum atomic E-state index is -0.475. The summed E-state index contributed by atoms with van der Waals surface area (Å²) in [6.45, 7) is 0.488. The molecular formula is C10H12ClNO3S. The SMILES string of the molecule is O=[N+]([O-])c1ccc(Cl)c(OCCCCS)c1. The van der Waals surface area contributed by atoms with Crippen molar-refractivity contribution in [2.75, 3.05) is 12.4 Å². The lowest BCUT2D eigenvalue weighted by molar-refractivity contribution is -0.384. The Morgan fingerprint density at radius 1 is 1.44 bits per heavy atom. The van der Waals surface area contributed by atoms with E-state index in [1.54, 1.807) is 0 Å². The van der Waals surface area contributed by atoms with Crippen LogP contribution >= 0.6 is 24.2 Å². The second kappa shape index (κ2) is 6.60. The van der Waals surface area contributed by atoms with Crippen molar-refractivity contribution in [3.63, 3.8) is 0 Å². The van der Waals surface area contributed by atoms with E-state index in [2.05, 4.69) is 12.6 Å². The lowest BCUT2D eigenvalue weighted by atomic mass is 10.3. The highest BCUT2D eigenvalue weighted by molar-refractivity contribution is 7.80. The smallest absolute Gasteiger partial charge is 0.273 e. The van der Waals surface area contributed by atoms with Crippen molar-refractivity contribution in [1.29, 1.82) is 0 Å². The van der Waals surface area contributed by atoms with Gasteiger partial charge in [-0.05, 0) is 24.7 Å². The summed E-state index contributed by atoms with van der Waals surface area (Å²) in [4.78, 5) is 10.1. The number of hydrogen-bond donors (Lipinski definition) is 1. The number of thiol groups is 1. The number of hydrogen-bond acceptors (Lipinski definition) is 4. The topological polar surface area (TPSA) is 52.4 Å². The van der Waals surface area contributed by atoms with Crippen molar-refractivity contribution < 1.29 is 9.66 Å². The number of rotatable bonds is 6. The van der Waals surface area contributed by atoms with Gasteiger partial charge in [0.25, 0.3) is 5.69 Å². The first-order valence-corrected chi connectivity index (χ1v) is 5.84. The zero-order valence-electron chi connectivity index (χ0n) is 8.56. The van der Waals surface area contributed by atoms with E-state index in [-0.39, 0.29) is 5.69 Å². The maximum absolute atomic E-state index is 10.5. The van der Waals surface area contributed by atoms with Crippen LogP contribution in [-0.2, 0) is 0 Å². The fourth-order valence-electron chi connectivity index (χ4n) is 1.11. The van der Waals surface area contributed by atoms with Gasteiger partial charge in [0.2, 0.25) is 0 Å². The minimum absolute atomic E-state index is 0.0198. The molecule has 0 radical (unpaired) electrons. The van der Waals surface area contributed by atoms with Gasteiger partial charge in [0.1, 0.15) is 5.75 Å². The summed E-state index contributed by atoms with van der Waals surface area (Å²) < 4.78 is 5.36. The average molecular weight is 262 g/mol. The Bertz CT molecular complexity index is 373. The molecule has 0 aromatic heterocycles. The van der Waals surface area contributed by atoms with Gasteiger partial charge in [0.15, 0.2) is 0 Å². The van der Waals surface area contributed by atoms with E-state index in [0.29, 0.717) is 17.4 Å². The lowest BCUT2D eigenvalue weighted by Crippen LogP contribution is -1.99. The summed E-state index contributed by atoms with van der Waals surface area (Å²) in [5.74, 6) is 1.15. The summed E-state index contributed by atoms with van der Waals surface area (Å²) in [7, 11) is 0. The van der Waals surface area contributed by atoms with Gasteiger partial charge in [0.05, 0.1) is 22.6 Å². The fraction of sp³-hybridized carbons (Fsp3) is 0.400. The molecule has 0 atom stereocenters. The van der Waals surface area contributed by atoms with Crippen molar-refractivity contribution in [3.8, 4) is 5.75 Å². The molecule has 0 heterocycles. The third-order valence-electron chi connectivity index (χ3n) is 1.94. The van der Waals surface area contributed by atoms with Crippen LogP contribution in [0.2, 0.25) is 5.02 Å². The molecular weight excluding hydrogens is 250 g/mol. The highest BCUT2D eigenvalue weighted by Gasteiger charge is 2.10. The van der Waals surface area contributed by atoms with Crippen LogP contribution in [0.5, 0.6) is 5.75 Å². The molecule has 0 saturated heterocycles. The van der Waals surface area contributed by atoms with E-state index < -0.39 is 4.92 Å². The predicted molar refractivity (Wildman–Crippen MR) is 66.7 cm³/mol. The number of unbranched alkanes of at least 4 members (excludes halogenated alkanes) is 1. The number of benzene rings is 1. The average Bonchev–Trinajstić information content (AvgIpc) is 2.26. The van der Waals surface area contributed by atoms with E-state index in [0.717, 1.165) is 18.6 Å². The summed E-state index contributed by atoms with van der Waals surface area (Å²) in [5.41, 5.74) is -0.0198. The van der Waals surface area contributed by atoms with Crippen LogP contribution in [0.1, 0.15) is 12.8 Å². The van der Waals surface area contributed by atoms with E-state index >= 15 is 0 Å². The number of ether oxygens (including phenoxy) is 1. The van der Waals surface area contributed by atoms with Crippen molar-refractivity contribution >= 4 is 29.9 Å². The first kappa shape index (κ1) is 13.1. The standard InChI is InChI=1S/C10H12ClNO3S/c11-9-4-3-8(12(13)14)7-10(9)15-5-1-2-6-16/h3-4,7,16H,1-2,5-6H2. The highest BCUT2D eigenvalue weighted by atomic mass is 35.5. The van der Waals surface area contributed by atoms with E-state index in [9.17, 15) is 10.1 Å². The van der Waals surface area contributed by atoms with Crippen molar-refractivity contribution in [2.45, 2.75) is 12.8 Å². The molecule has 1 aromatic rings. The van der Waals surface area contributed by atoms with E-state index in [1.807, 2.05) is 0 Å². The Balaban J connectivity index is 2.63. The molecule has 0 unspecified atom stereocenters. The van der Waals surface area contributed by atoms with Gasteiger partial charge < -0.3 is 4.74 Å². The third kappa shape index (κ3) is 3.90. The summed E-state index contributed by atoms with van der Waals surface area (Å²) in [6.07, 6.45) is 1.79. The normalized spacial score (nSPS) is 10.1. The Kier molecular flexibility index (Phi) is 5.42. The predicted octanol–water partition coefficient (Wildman–Crippen LogP) is 3.34. The van der Waals surface area contributed by atoms with E-state index in [4.69, 9.17) is 16.3 Å². The number of non-ortho nitro benzene ring substituents is 1. The molecule has 0 fully saturated rings. The Hall–Kier alpha value is -0.940. The summed E-state index contributed by atoms with van der Waals surface area (Å²) in [5, 5.41) is 10.9. The second-order valence-corrected chi connectivity index (χ2v) is 4.01. The lowest BCUT2D eigenvalue weighted by Gasteiger charge is -2.06. The molecule has 0 spiro atoms. The largest absolute Gasteiger partial charge is 0.492 e. The van der Waals surface area contributed by atoms with Gasteiger partial charge in [-0.15, -0.1) is 0 Å². The van der Waals surface area contributed by atoms with Gasteiger partial charge in [0, 0.05) is 6.07 Å². The highest BCUT2D eigenvalue weighted by Crippen LogP contribution is 2.28. The first-order valence-electron chi connectivity index (χ1n) is 4.82. The number of nitro groups is 1. The minimum Gasteiger partial charge on any atom is -0.492 e. The van der Waals surface area contributed by atoms with Gasteiger partial charge in [-0.3, -0.25) is 10.1 Å². The monoisotopic (exact) mass is 261 g/mol. The quantitative estimate of drug-likeness (QED) is 0.370. The van der Waals surface area contributed by atoms with Gasteiger partial charge in [-0.1, -0.05) is 11.6 Å². The number of halogens is 1. The number of nitro benzene ring substituents is 1. The van der Waals surface area contributed by atoms with Crippen LogP contribution < -0.4 is 4.74 Å². The molecule has 16 heavy (non-hydrogen) atoms. The maximum Gasteiger partial charge on any atom is 0.273 e. The van der Waals surface area contributed by atoms with Crippen LogP contribution in [0, 0.1) is 10.1 Å². The molecule has 0 bridgehead atoms. The molecule has 1 aromatic carbocycles. The van der Waals surface area contributed by atoms with Gasteiger partial charge in [-0.25, -0.2) is 0 Å². The number of nitrogens with zero attached hydrogens (tertiary/aromatic N) is 1. The van der Waals surface area contributed by atoms with Crippen LogP contribution in [0.15, 0.2) is 18.2 Å². The second-order valence-electron chi connectivity index (χ2n) is 3.15. The third-order valence-corrected chi connectivity index (χ3v) is 2.56. The summed E-state index contributed by atoms with van der Waals surface area (Å²) in [6, 6.07) is 4.15. The van der Waals surface area contributed by atoms with Crippen molar-refractivity contribution in [1.82, 2.24) is 0 Å². The zero-order chi connectivity index (χ0) is 12.0. The zero-order valence-corrected chi connectivity index (χ0v) is 10.2. The molecule has 4 nitrogen and oxygen atoms in total. The van der Waals surface area contributed by atoms with Crippen LogP contribution in [0.25, 0.3) is 0 Å². The van der Waals surface area contributed by atoms with Crippen LogP contribution in [0.4, 0.5) is 5.69 Å². The van der Waals surface area contributed by atoms with Crippen molar-refractivity contribution in [3.05, 3.63) is 33.3 Å². The Morgan fingerprint density at radius 3 is 2.81 bits per heavy atom. The molecule has 0 aliphatic carbocycles. The molecule has 0 amide bonds. The molecule has 6 heteroatoms. The molecule has 0 aliphatic rings. The fourth-order valence-corrected chi connectivity index (χ4v) is 1.51. The molecule has 88 valence electrons. The van der Waals surface area contributed by atoms with Crippen LogP contribution in [0.3, 0.4) is 0 Å². The van der Waals surface area contributed by atoms with Gasteiger partial charge >= 0.3 is 0 Å². The molecule has 0 saturated carbocycles. The van der Waals surface area contributed by atoms with Crippen LogP contribution in [-0.4, -0.2) is 17.3 Å². The Morgan fingerprint density at radius 2 is 2.19 bits per heavy atom.